The van der Waals surface area contributed by atoms with Gasteiger partial charge in [0.05, 0.1) is 25.7 Å². The minimum atomic E-state index is -3.50. The van der Waals surface area contributed by atoms with Gasteiger partial charge in [-0.05, 0) is 18.6 Å². The highest BCUT2D eigenvalue weighted by molar-refractivity contribution is 7.92. The van der Waals surface area contributed by atoms with Crippen LogP contribution in [0.1, 0.15) is 6.42 Å². The lowest BCUT2D eigenvalue weighted by Gasteiger charge is -2.12. The van der Waals surface area contributed by atoms with Gasteiger partial charge in [-0.15, -0.1) is 0 Å². The van der Waals surface area contributed by atoms with Crippen molar-refractivity contribution >= 4 is 15.7 Å². The van der Waals surface area contributed by atoms with Crippen molar-refractivity contribution in [2.75, 3.05) is 31.3 Å². The first-order valence-corrected chi connectivity index (χ1v) is 7.01. The maximum Gasteiger partial charge on any atom is 0.232 e. The number of sulfonamides is 1. The van der Waals surface area contributed by atoms with E-state index in [1.807, 2.05) is 0 Å². The van der Waals surface area contributed by atoms with Gasteiger partial charge in [-0.2, -0.15) is 0 Å². The molecule has 0 unspecified atom stereocenters. The van der Waals surface area contributed by atoms with Gasteiger partial charge in [0, 0.05) is 12.7 Å². The summed E-state index contributed by atoms with van der Waals surface area (Å²) < 4.78 is 35.9. The summed E-state index contributed by atoms with van der Waals surface area (Å²) in [6.07, 6.45) is 0.182. The Bertz CT molecular complexity index is 486. The van der Waals surface area contributed by atoms with Gasteiger partial charge in [0.15, 0.2) is 0 Å². The predicted molar refractivity (Wildman–Crippen MR) is 68.7 cm³/mol. The molecule has 0 atom stereocenters. The van der Waals surface area contributed by atoms with Gasteiger partial charge in [-0.1, -0.05) is 0 Å². The molecule has 1 aromatic rings. The third kappa shape index (κ3) is 4.08. The number of hydrogen-bond donors (Lipinski definition) is 2. The Morgan fingerprint density at radius 3 is 2.56 bits per heavy atom. The number of aliphatic hydroxyl groups excluding tert-OH is 1. The van der Waals surface area contributed by atoms with Gasteiger partial charge in [-0.25, -0.2) is 8.42 Å². The van der Waals surface area contributed by atoms with Crippen molar-refractivity contribution in [2.45, 2.75) is 6.42 Å². The van der Waals surface area contributed by atoms with E-state index in [4.69, 9.17) is 14.6 Å². The van der Waals surface area contributed by atoms with E-state index in [9.17, 15) is 8.42 Å². The second-order valence-electron chi connectivity index (χ2n) is 3.56. The van der Waals surface area contributed by atoms with E-state index >= 15 is 0 Å². The second-order valence-corrected chi connectivity index (χ2v) is 5.41. The molecule has 0 aromatic heterocycles. The molecule has 0 amide bonds. The number of benzene rings is 1. The molecule has 2 N–H and O–H groups in total. The molecule has 1 rings (SSSR count). The second kappa shape index (κ2) is 6.46. The normalized spacial score (nSPS) is 11.1. The molecule has 0 aliphatic carbocycles. The number of anilines is 1. The lowest BCUT2D eigenvalue weighted by Crippen LogP contribution is -2.18. The van der Waals surface area contributed by atoms with Crippen molar-refractivity contribution in [3.05, 3.63) is 18.2 Å². The van der Waals surface area contributed by atoms with Crippen LogP contribution in [0.15, 0.2) is 18.2 Å². The van der Waals surface area contributed by atoms with Crippen LogP contribution < -0.4 is 14.2 Å². The van der Waals surface area contributed by atoms with Gasteiger partial charge in [0.2, 0.25) is 10.0 Å². The zero-order valence-corrected chi connectivity index (χ0v) is 11.2. The molecular weight excluding hydrogens is 258 g/mol. The van der Waals surface area contributed by atoms with Crippen LogP contribution in [-0.2, 0) is 10.0 Å². The van der Waals surface area contributed by atoms with E-state index in [0.717, 1.165) is 0 Å². The summed E-state index contributed by atoms with van der Waals surface area (Å²) in [5, 5.41) is 8.64. The average Bonchev–Trinajstić information content (AvgIpc) is 2.36. The molecule has 18 heavy (non-hydrogen) atoms. The molecule has 0 bridgehead atoms. The van der Waals surface area contributed by atoms with E-state index in [0.29, 0.717) is 17.2 Å². The third-order valence-electron chi connectivity index (χ3n) is 2.24. The van der Waals surface area contributed by atoms with Gasteiger partial charge >= 0.3 is 0 Å². The molecule has 0 aliphatic rings. The van der Waals surface area contributed by atoms with Gasteiger partial charge in [0.1, 0.15) is 11.5 Å². The Morgan fingerprint density at radius 2 is 2.00 bits per heavy atom. The molecule has 0 fully saturated rings. The van der Waals surface area contributed by atoms with E-state index in [-0.39, 0.29) is 18.8 Å². The van der Waals surface area contributed by atoms with E-state index < -0.39 is 10.0 Å². The Morgan fingerprint density at radius 1 is 1.28 bits per heavy atom. The molecule has 1 aromatic carbocycles. The molecule has 0 heterocycles. The minimum absolute atomic E-state index is 0.149. The number of nitrogens with one attached hydrogen (secondary N) is 1. The molecule has 102 valence electrons. The molecule has 0 saturated heterocycles. The summed E-state index contributed by atoms with van der Waals surface area (Å²) in [6.45, 7) is -0.170. The van der Waals surface area contributed by atoms with Gasteiger partial charge in [-0.3, -0.25) is 4.72 Å². The van der Waals surface area contributed by atoms with E-state index in [1.54, 1.807) is 12.1 Å². The fraction of sp³-hybridized carbons (Fsp3) is 0.455. The Balaban J connectivity index is 2.94. The summed E-state index contributed by atoms with van der Waals surface area (Å²) in [7, 11) is -0.556. The largest absolute Gasteiger partial charge is 0.497 e. The number of rotatable bonds is 7. The number of ether oxygens (including phenoxy) is 2. The Labute approximate surface area is 107 Å². The molecule has 6 nitrogen and oxygen atoms in total. The monoisotopic (exact) mass is 275 g/mol. The smallest absolute Gasteiger partial charge is 0.232 e. The summed E-state index contributed by atoms with van der Waals surface area (Å²) >= 11 is 0. The van der Waals surface area contributed by atoms with Crippen molar-refractivity contribution in [1.29, 1.82) is 0 Å². The fourth-order valence-electron chi connectivity index (χ4n) is 1.37. The maximum absolute atomic E-state index is 11.7. The summed E-state index contributed by atoms with van der Waals surface area (Å²) in [5.41, 5.74) is 0.315. The molecule has 0 spiro atoms. The average molecular weight is 275 g/mol. The van der Waals surface area contributed by atoms with Crippen LogP contribution in [0, 0.1) is 0 Å². The van der Waals surface area contributed by atoms with E-state index in [1.165, 1.54) is 20.3 Å². The summed E-state index contributed by atoms with van der Waals surface area (Å²) in [6, 6.07) is 4.82. The van der Waals surface area contributed by atoms with Crippen molar-refractivity contribution in [3.63, 3.8) is 0 Å². The lowest BCUT2D eigenvalue weighted by atomic mass is 10.3. The van der Waals surface area contributed by atoms with Crippen LogP contribution in [0.25, 0.3) is 0 Å². The minimum Gasteiger partial charge on any atom is -0.497 e. The van der Waals surface area contributed by atoms with Crippen molar-refractivity contribution in [2.24, 2.45) is 0 Å². The van der Waals surface area contributed by atoms with Crippen molar-refractivity contribution in [3.8, 4) is 11.5 Å². The summed E-state index contributed by atoms with van der Waals surface area (Å²) in [5.74, 6) is 0.781. The third-order valence-corrected chi connectivity index (χ3v) is 3.60. The van der Waals surface area contributed by atoms with Crippen molar-refractivity contribution in [1.82, 2.24) is 0 Å². The molecule has 0 aliphatic heterocycles. The first kappa shape index (κ1) is 14.6. The molecule has 0 radical (unpaired) electrons. The molecule has 7 heteroatoms. The van der Waals surface area contributed by atoms with Crippen molar-refractivity contribution < 1.29 is 23.0 Å². The topological polar surface area (TPSA) is 84.9 Å². The Hall–Kier alpha value is -1.47. The first-order valence-electron chi connectivity index (χ1n) is 5.36. The van der Waals surface area contributed by atoms with Crippen LogP contribution in [0.5, 0.6) is 11.5 Å². The van der Waals surface area contributed by atoms with E-state index in [2.05, 4.69) is 4.72 Å². The van der Waals surface area contributed by atoms with Crippen LogP contribution in [0.3, 0.4) is 0 Å². The van der Waals surface area contributed by atoms with Crippen LogP contribution in [-0.4, -0.2) is 40.1 Å². The van der Waals surface area contributed by atoms with Gasteiger partial charge in [0.25, 0.3) is 0 Å². The number of methoxy groups -OCH3 is 2. The van der Waals surface area contributed by atoms with Gasteiger partial charge < -0.3 is 14.6 Å². The standard InChI is InChI=1S/C11H17NO5S/c1-16-9-4-5-11(17-2)10(8-9)12-18(14,15)7-3-6-13/h4-5,8,12-13H,3,6-7H2,1-2H3. The predicted octanol–water partition coefficient (Wildman–Crippen LogP) is 0.828. The highest BCUT2D eigenvalue weighted by Crippen LogP contribution is 2.29. The van der Waals surface area contributed by atoms with Crippen LogP contribution in [0.4, 0.5) is 5.69 Å². The molecular formula is C11H17NO5S. The zero-order valence-electron chi connectivity index (χ0n) is 10.3. The number of aliphatic hydroxyl groups is 1. The fourth-order valence-corrected chi connectivity index (χ4v) is 2.47. The lowest BCUT2D eigenvalue weighted by molar-refractivity contribution is 0.295. The summed E-state index contributed by atoms with van der Waals surface area (Å²) in [4.78, 5) is 0. The Kier molecular flexibility index (Phi) is 5.24. The number of hydrogen-bond acceptors (Lipinski definition) is 5. The zero-order chi connectivity index (χ0) is 13.6. The quantitative estimate of drug-likeness (QED) is 0.770. The highest BCUT2D eigenvalue weighted by atomic mass is 32.2. The van der Waals surface area contributed by atoms with Crippen LogP contribution >= 0.6 is 0 Å². The molecule has 0 saturated carbocycles. The van der Waals surface area contributed by atoms with Crippen LogP contribution in [0.2, 0.25) is 0 Å². The first-order chi connectivity index (χ1) is 8.52. The SMILES string of the molecule is COc1ccc(OC)c(NS(=O)(=O)CCCO)c1. The highest BCUT2D eigenvalue weighted by Gasteiger charge is 2.13. The maximum atomic E-state index is 11.7.